The second-order valence-electron chi connectivity index (χ2n) is 4.77. The molecule has 3 rings (SSSR count). The van der Waals surface area contributed by atoms with Crippen LogP contribution in [-0.4, -0.2) is 29.8 Å². The Morgan fingerprint density at radius 2 is 2.00 bits per heavy atom. The Bertz CT molecular complexity index is 1040. The molecule has 136 valence electrons. The van der Waals surface area contributed by atoms with Crippen LogP contribution in [0.2, 0.25) is 0 Å². The van der Waals surface area contributed by atoms with Crippen molar-refractivity contribution >= 4 is 32.2 Å². The summed E-state index contributed by atoms with van der Waals surface area (Å²) in [4.78, 5) is 19.5. The first-order chi connectivity index (χ1) is 12.2. The number of furan rings is 1. The van der Waals surface area contributed by atoms with Crippen LogP contribution in [-0.2, 0) is 9.84 Å². The molecule has 0 spiro atoms. The van der Waals surface area contributed by atoms with Gasteiger partial charge < -0.3 is 4.42 Å². The fourth-order valence-electron chi connectivity index (χ4n) is 1.92. The number of thiazole rings is 1. The lowest BCUT2D eigenvalue weighted by Gasteiger charge is -2.10. The lowest BCUT2D eigenvalue weighted by molar-refractivity contribution is -0.0438. The van der Waals surface area contributed by atoms with Gasteiger partial charge in [-0.25, -0.2) is 18.4 Å². The highest BCUT2D eigenvalue weighted by molar-refractivity contribution is 7.92. The smallest absolute Gasteiger partial charge is 0.463 e. The minimum atomic E-state index is -5.78. The van der Waals surface area contributed by atoms with Crippen LogP contribution >= 0.6 is 11.3 Å². The molecular formula is C14H8F3N3O4S2. The molecule has 0 fully saturated rings. The molecule has 26 heavy (non-hydrogen) atoms. The summed E-state index contributed by atoms with van der Waals surface area (Å²) in [6.45, 7) is 0. The highest BCUT2D eigenvalue weighted by Crippen LogP contribution is 2.31. The summed E-state index contributed by atoms with van der Waals surface area (Å²) in [5.41, 5.74) is -5.91. The van der Waals surface area contributed by atoms with E-state index in [1.165, 1.54) is 6.26 Å². The molecule has 0 aliphatic heterocycles. The van der Waals surface area contributed by atoms with Gasteiger partial charge in [0, 0.05) is 11.6 Å². The highest BCUT2D eigenvalue weighted by atomic mass is 32.2. The van der Waals surface area contributed by atoms with Gasteiger partial charge in [0.05, 0.1) is 11.8 Å². The fraction of sp³-hybridized carbons (Fsp3) is 0.0714. The predicted octanol–water partition coefficient (Wildman–Crippen LogP) is 3.34. The van der Waals surface area contributed by atoms with Crippen molar-refractivity contribution in [3.63, 3.8) is 0 Å². The molecule has 0 aromatic carbocycles. The largest absolute Gasteiger partial charge is 0.503 e. The molecular weight excluding hydrogens is 395 g/mol. The number of anilines is 1. The third-order valence-corrected chi connectivity index (χ3v) is 5.27. The molecule has 3 heterocycles. The molecule has 0 saturated heterocycles. The Kier molecular flexibility index (Phi) is 4.54. The molecule has 0 atom stereocenters. The summed E-state index contributed by atoms with van der Waals surface area (Å²) in [5, 5.41) is 2.51. The molecule has 1 N–H and O–H groups in total. The van der Waals surface area contributed by atoms with Crippen molar-refractivity contribution < 1.29 is 30.8 Å². The van der Waals surface area contributed by atoms with E-state index in [1.54, 1.807) is 17.5 Å². The average molecular weight is 403 g/mol. The normalized spacial score (nSPS) is 12.1. The van der Waals surface area contributed by atoms with Gasteiger partial charge in [-0.05, 0) is 24.3 Å². The zero-order valence-corrected chi connectivity index (χ0v) is 14.2. The molecule has 0 unspecified atom stereocenters. The number of nitrogens with one attached hydrogen (secondary N) is 1. The summed E-state index contributed by atoms with van der Waals surface area (Å²) >= 11 is 0.995. The van der Waals surface area contributed by atoms with Crippen molar-refractivity contribution in [3.8, 4) is 11.5 Å². The lowest BCUT2D eigenvalue weighted by atomic mass is 10.3. The standard InChI is InChI=1S/C14H8F3N3O4S2/c15-14(16,17)26(22,23)12-8(3-1-5-18-12)11(21)20-13-19-9(7-25-13)10-4-2-6-24-10/h1-7H,(H,19,20,21). The van der Waals surface area contributed by atoms with Gasteiger partial charge in [-0.15, -0.1) is 11.3 Å². The second kappa shape index (κ2) is 6.53. The molecule has 0 radical (unpaired) electrons. The fourth-order valence-corrected chi connectivity index (χ4v) is 3.48. The first kappa shape index (κ1) is 18.1. The molecule has 0 saturated carbocycles. The van der Waals surface area contributed by atoms with Crippen molar-refractivity contribution in [2.45, 2.75) is 10.5 Å². The van der Waals surface area contributed by atoms with Crippen LogP contribution < -0.4 is 5.32 Å². The maximum Gasteiger partial charge on any atom is 0.503 e. The van der Waals surface area contributed by atoms with Crippen LogP contribution in [0.25, 0.3) is 11.5 Å². The van der Waals surface area contributed by atoms with Crippen molar-refractivity contribution in [3.05, 3.63) is 47.7 Å². The van der Waals surface area contributed by atoms with E-state index in [4.69, 9.17) is 4.42 Å². The maximum atomic E-state index is 12.8. The third kappa shape index (κ3) is 3.32. The van der Waals surface area contributed by atoms with Crippen LogP contribution in [0.15, 0.2) is 51.5 Å². The van der Waals surface area contributed by atoms with Crippen LogP contribution in [0.5, 0.6) is 0 Å². The number of alkyl halides is 3. The van der Waals surface area contributed by atoms with Crippen LogP contribution in [0.4, 0.5) is 18.3 Å². The maximum absolute atomic E-state index is 12.8. The van der Waals surface area contributed by atoms with E-state index in [2.05, 4.69) is 15.3 Å². The van der Waals surface area contributed by atoms with Gasteiger partial charge in [0.2, 0.25) is 0 Å². The molecule has 3 aromatic heterocycles. The van der Waals surface area contributed by atoms with E-state index in [1.807, 2.05) is 0 Å². The molecule has 3 aromatic rings. The molecule has 12 heteroatoms. The van der Waals surface area contributed by atoms with Crippen LogP contribution in [0.3, 0.4) is 0 Å². The Morgan fingerprint density at radius 3 is 2.65 bits per heavy atom. The number of carbonyl (C=O) groups excluding carboxylic acids is 1. The number of amides is 1. The summed E-state index contributed by atoms with van der Waals surface area (Å²) in [6, 6.07) is 5.36. The first-order valence-corrected chi connectivity index (χ1v) is 9.13. The van der Waals surface area contributed by atoms with E-state index >= 15 is 0 Å². The van der Waals surface area contributed by atoms with E-state index in [0.717, 1.165) is 29.7 Å². The van der Waals surface area contributed by atoms with E-state index in [-0.39, 0.29) is 5.13 Å². The SMILES string of the molecule is O=C(Nc1nc(-c2ccco2)cs1)c1cccnc1S(=O)(=O)C(F)(F)F. The predicted molar refractivity (Wildman–Crippen MR) is 85.2 cm³/mol. The third-order valence-electron chi connectivity index (χ3n) is 3.07. The van der Waals surface area contributed by atoms with Gasteiger partial charge in [0.25, 0.3) is 15.7 Å². The lowest BCUT2D eigenvalue weighted by Crippen LogP contribution is -2.27. The number of hydrogen-bond acceptors (Lipinski definition) is 7. The van der Waals surface area contributed by atoms with Gasteiger partial charge in [0.15, 0.2) is 15.9 Å². The van der Waals surface area contributed by atoms with Gasteiger partial charge in [-0.1, -0.05) is 0 Å². The van der Waals surface area contributed by atoms with Crippen LogP contribution in [0.1, 0.15) is 10.4 Å². The zero-order valence-electron chi connectivity index (χ0n) is 12.5. The number of pyridine rings is 1. The molecule has 1 amide bonds. The Labute approximate surface area is 148 Å². The van der Waals surface area contributed by atoms with Crippen molar-refractivity contribution in [1.29, 1.82) is 0 Å². The molecule has 7 nitrogen and oxygen atoms in total. The molecule has 0 bridgehead atoms. The Balaban J connectivity index is 1.90. The van der Waals surface area contributed by atoms with Crippen LogP contribution in [0, 0.1) is 0 Å². The quantitative estimate of drug-likeness (QED) is 0.717. The number of rotatable bonds is 4. The monoisotopic (exact) mass is 403 g/mol. The Morgan fingerprint density at radius 1 is 1.23 bits per heavy atom. The van der Waals surface area contributed by atoms with E-state index < -0.39 is 31.8 Å². The topological polar surface area (TPSA) is 102 Å². The molecule has 0 aliphatic rings. The van der Waals surface area contributed by atoms with Gasteiger partial charge >= 0.3 is 5.51 Å². The number of hydrogen-bond donors (Lipinski definition) is 1. The Hall–Kier alpha value is -2.73. The number of halogens is 3. The van der Waals surface area contributed by atoms with E-state index in [0.29, 0.717) is 11.5 Å². The number of carbonyl (C=O) groups is 1. The van der Waals surface area contributed by atoms with Crippen molar-refractivity contribution in [2.75, 3.05) is 5.32 Å². The molecule has 0 aliphatic carbocycles. The van der Waals surface area contributed by atoms with Crippen molar-refractivity contribution in [2.24, 2.45) is 0 Å². The first-order valence-electron chi connectivity index (χ1n) is 6.77. The summed E-state index contributed by atoms with van der Waals surface area (Å²) in [5.74, 6) is -0.648. The highest BCUT2D eigenvalue weighted by Gasteiger charge is 2.49. The summed E-state index contributed by atoms with van der Waals surface area (Å²) in [7, 11) is -5.78. The zero-order chi connectivity index (χ0) is 18.9. The minimum Gasteiger partial charge on any atom is -0.463 e. The summed E-state index contributed by atoms with van der Waals surface area (Å²) in [6.07, 6.45) is 2.28. The minimum absolute atomic E-state index is 0.0561. The van der Waals surface area contributed by atoms with Crippen molar-refractivity contribution in [1.82, 2.24) is 9.97 Å². The number of sulfone groups is 1. The van der Waals surface area contributed by atoms with E-state index in [9.17, 15) is 26.4 Å². The van der Waals surface area contributed by atoms with Gasteiger partial charge in [-0.3, -0.25) is 10.1 Å². The average Bonchev–Trinajstić information content (AvgIpc) is 3.24. The second-order valence-corrected chi connectivity index (χ2v) is 7.49. The van der Waals surface area contributed by atoms with Gasteiger partial charge in [-0.2, -0.15) is 13.2 Å². The number of aromatic nitrogens is 2. The van der Waals surface area contributed by atoms with Gasteiger partial charge in [0.1, 0.15) is 5.69 Å². The number of nitrogens with zero attached hydrogens (tertiary/aromatic N) is 2. The summed E-state index contributed by atoms with van der Waals surface area (Å²) < 4.78 is 66.6.